The van der Waals surface area contributed by atoms with E-state index in [0.29, 0.717) is 12.0 Å². The van der Waals surface area contributed by atoms with Gasteiger partial charge in [-0.05, 0) is 38.5 Å². The molecule has 0 aromatic heterocycles. The molecule has 0 aliphatic heterocycles. The Bertz CT molecular complexity index is 491. The van der Waals surface area contributed by atoms with Crippen molar-refractivity contribution in [2.45, 2.75) is 142 Å². The van der Waals surface area contributed by atoms with Gasteiger partial charge in [0, 0.05) is 11.6 Å². The van der Waals surface area contributed by atoms with E-state index in [9.17, 15) is 15.3 Å². The lowest BCUT2D eigenvalue weighted by Crippen LogP contribution is -2.49. The van der Waals surface area contributed by atoms with Crippen LogP contribution in [-0.4, -0.2) is 69.3 Å². The molecular weight excluding hydrogens is 534 g/mol. The first-order valence-corrected chi connectivity index (χ1v) is 17.7. The van der Waals surface area contributed by atoms with Crippen LogP contribution in [0.1, 0.15) is 130 Å². The number of aliphatic hydroxyl groups excluding tert-OH is 3. The van der Waals surface area contributed by atoms with Crippen LogP contribution < -0.4 is 5.73 Å². The monoisotopic (exact) mass is 599 g/mol. The Hall–Kier alpha value is 0.227. The van der Waals surface area contributed by atoms with Gasteiger partial charge in [-0.3, -0.25) is 0 Å². The lowest BCUT2D eigenvalue weighted by Gasteiger charge is -2.36. The summed E-state index contributed by atoms with van der Waals surface area (Å²) in [7, 11) is -3.14. The fraction of sp³-hybridized carbons (Fsp3) is 1.00. The second-order valence-electron chi connectivity index (χ2n) is 11.8. The number of hydrogen-bond donors (Lipinski definition) is 4. The largest absolute Gasteiger partial charge is 0.501 e. The van der Waals surface area contributed by atoms with Crippen LogP contribution in [0, 0.1) is 11.8 Å². The van der Waals surface area contributed by atoms with Crippen LogP contribution in [0.2, 0.25) is 6.04 Å². The highest BCUT2D eigenvalue weighted by Crippen LogP contribution is 2.32. The van der Waals surface area contributed by atoms with Crippen molar-refractivity contribution < 1.29 is 28.6 Å². The molecule has 0 saturated carbocycles. The molecule has 0 fully saturated rings. The highest BCUT2D eigenvalue weighted by molar-refractivity contribution is 6.60. The zero-order valence-corrected chi connectivity index (χ0v) is 27.8. The molecule has 0 spiro atoms. The van der Waals surface area contributed by atoms with Crippen molar-refractivity contribution in [1.29, 1.82) is 0 Å². The summed E-state index contributed by atoms with van der Waals surface area (Å²) in [6.45, 7) is 8.61. The number of nitrogens with two attached hydrogens (primary N) is 1. The number of hydrogen-bond acceptors (Lipinski definition) is 7. The minimum atomic E-state index is -3.14. The average molecular weight is 600 g/mol. The number of halogens is 1. The van der Waals surface area contributed by atoms with E-state index in [2.05, 4.69) is 27.7 Å². The van der Waals surface area contributed by atoms with E-state index >= 15 is 0 Å². The van der Waals surface area contributed by atoms with Crippen molar-refractivity contribution in [3.63, 3.8) is 0 Å². The van der Waals surface area contributed by atoms with E-state index in [0.717, 1.165) is 12.8 Å². The van der Waals surface area contributed by atoms with Crippen molar-refractivity contribution in [1.82, 2.24) is 0 Å². The van der Waals surface area contributed by atoms with Crippen molar-refractivity contribution in [3.8, 4) is 0 Å². The standard InChI is InChI=1S/C30H65NO6Si.ClH/c1-5-6-7-8-9-10-11-12-13-14-15-16-17-18-19-29(30(3,4)31)26-28(2)27-38(35-23-20-32,36-24-21-33)37-25-22-34;/h28-29,32-34H,5-27,31H2,1-4H3;1H. The molecule has 0 aromatic rings. The van der Waals surface area contributed by atoms with Gasteiger partial charge in [-0.2, -0.15) is 0 Å². The van der Waals surface area contributed by atoms with E-state index in [1.807, 2.05) is 0 Å². The van der Waals surface area contributed by atoms with E-state index in [-0.39, 0.29) is 63.5 Å². The Balaban J connectivity index is 0. The maximum absolute atomic E-state index is 9.29. The highest BCUT2D eigenvalue weighted by Gasteiger charge is 2.43. The minimum absolute atomic E-state index is 0. The van der Waals surface area contributed by atoms with Gasteiger partial charge in [-0.15, -0.1) is 12.4 Å². The van der Waals surface area contributed by atoms with Crippen LogP contribution in [-0.2, 0) is 13.3 Å². The first-order chi connectivity index (χ1) is 18.2. The van der Waals surface area contributed by atoms with E-state index in [1.54, 1.807) is 0 Å². The summed E-state index contributed by atoms with van der Waals surface area (Å²) in [6.07, 6.45) is 21.1. The van der Waals surface area contributed by atoms with Crippen molar-refractivity contribution in [3.05, 3.63) is 0 Å². The smallest absolute Gasteiger partial charge is 0.394 e. The fourth-order valence-electron chi connectivity index (χ4n) is 5.28. The molecule has 39 heavy (non-hydrogen) atoms. The number of aliphatic hydroxyl groups is 3. The third-order valence-electron chi connectivity index (χ3n) is 7.48. The summed E-state index contributed by atoms with van der Waals surface area (Å²) >= 11 is 0. The van der Waals surface area contributed by atoms with Crippen LogP contribution in [0.5, 0.6) is 0 Å². The van der Waals surface area contributed by atoms with Crippen LogP contribution in [0.15, 0.2) is 0 Å². The maximum atomic E-state index is 9.29. The van der Waals surface area contributed by atoms with Crippen LogP contribution in [0.4, 0.5) is 0 Å². The summed E-state index contributed by atoms with van der Waals surface area (Å²) in [4.78, 5) is 0. The molecule has 0 heterocycles. The van der Waals surface area contributed by atoms with E-state index in [1.165, 1.54) is 89.9 Å². The number of rotatable bonds is 29. The van der Waals surface area contributed by atoms with Gasteiger partial charge in [-0.25, -0.2) is 0 Å². The van der Waals surface area contributed by atoms with Crippen LogP contribution in [0.3, 0.4) is 0 Å². The molecule has 0 aliphatic rings. The Labute approximate surface area is 248 Å². The molecule has 0 saturated heterocycles. The molecule has 2 unspecified atom stereocenters. The Morgan fingerprint density at radius 2 is 1.03 bits per heavy atom. The third-order valence-corrected chi connectivity index (χ3v) is 10.6. The molecule has 0 bridgehead atoms. The van der Waals surface area contributed by atoms with Crippen LogP contribution >= 0.6 is 12.4 Å². The maximum Gasteiger partial charge on any atom is 0.501 e. The zero-order chi connectivity index (χ0) is 28.5. The second kappa shape index (κ2) is 27.1. The lowest BCUT2D eigenvalue weighted by atomic mass is 9.79. The Morgan fingerprint density at radius 1 is 0.667 bits per heavy atom. The van der Waals surface area contributed by atoms with Gasteiger partial charge in [0.15, 0.2) is 0 Å². The predicted molar refractivity (Wildman–Crippen MR) is 167 cm³/mol. The van der Waals surface area contributed by atoms with Gasteiger partial charge in [0.25, 0.3) is 0 Å². The van der Waals surface area contributed by atoms with Crippen molar-refractivity contribution in [2.24, 2.45) is 17.6 Å². The molecule has 2 atom stereocenters. The summed E-state index contributed by atoms with van der Waals surface area (Å²) < 4.78 is 17.7. The van der Waals surface area contributed by atoms with Crippen LogP contribution in [0.25, 0.3) is 0 Å². The van der Waals surface area contributed by atoms with Gasteiger partial charge >= 0.3 is 8.80 Å². The summed E-state index contributed by atoms with van der Waals surface area (Å²) in [6, 6.07) is 0.568. The molecule has 0 rings (SSSR count). The van der Waals surface area contributed by atoms with Crippen molar-refractivity contribution >= 4 is 21.2 Å². The molecule has 238 valence electrons. The average Bonchev–Trinajstić information content (AvgIpc) is 2.88. The molecule has 0 aromatic carbocycles. The molecule has 0 amide bonds. The summed E-state index contributed by atoms with van der Waals surface area (Å²) in [5.74, 6) is 0.604. The quantitative estimate of drug-likeness (QED) is 0.0564. The minimum Gasteiger partial charge on any atom is -0.394 e. The zero-order valence-electron chi connectivity index (χ0n) is 26.0. The van der Waals surface area contributed by atoms with Gasteiger partial charge in [0.1, 0.15) is 0 Å². The molecular formula is C30H66ClNO6Si. The highest BCUT2D eigenvalue weighted by atomic mass is 35.5. The van der Waals surface area contributed by atoms with E-state index in [4.69, 9.17) is 19.0 Å². The first kappa shape index (κ1) is 41.4. The first-order valence-electron chi connectivity index (χ1n) is 15.8. The van der Waals surface area contributed by atoms with Crippen molar-refractivity contribution in [2.75, 3.05) is 39.6 Å². The molecule has 0 aliphatic carbocycles. The Kier molecular flexibility index (Phi) is 28.7. The molecule has 9 heteroatoms. The van der Waals surface area contributed by atoms with E-state index < -0.39 is 8.80 Å². The summed E-state index contributed by atoms with van der Waals surface area (Å²) in [5, 5.41) is 27.9. The van der Waals surface area contributed by atoms with Gasteiger partial charge in [-0.1, -0.05) is 104 Å². The number of unbranched alkanes of at least 4 members (excludes halogenated alkanes) is 13. The SMILES string of the molecule is CCCCCCCCCCCCCCCCC(CC(C)C[Si](OCCO)(OCCO)OCCO)C(C)(C)N.Cl. The van der Waals surface area contributed by atoms with Gasteiger partial charge in [0.2, 0.25) is 0 Å². The topological polar surface area (TPSA) is 114 Å². The third kappa shape index (κ3) is 23.5. The predicted octanol–water partition coefficient (Wildman–Crippen LogP) is 6.62. The fourth-order valence-corrected chi connectivity index (χ4v) is 8.11. The Morgan fingerprint density at radius 3 is 1.36 bits per heavy atom. The van der Waals surface area contributed by atoms with Gasteiger partial charge in [0.05, 0.1) is 39.6 Å². The molecule has 7 nitrogen and oxygen atoms in total. The molecule has 5 N–H and O–H groups in total. The summed E-state index contributed by atoms with van der Waals surface area (Å²) in [5.41, 5.74) is 6.33. The normalized spacial score (nSPS) is 13.8. The lowest BCUT2D eigenvalue weighted by molar-refractivity contribution is 0.0243. The molecule has 0 radical (unpaired) electrons. The second-order valence-corrected chi connectivity index (χ2v) is 14.5. The van der Waals surface area contributed by atoms with Gasteiger partial charge < -0.3 is 34.3 Å².